The van der Waals surface area contributed by atoms with E-state index < -0.39 is 0 Å². The Bertz CT molecular complexity index is 191. The zero-order chi connectivity index (χ0) is 10.1. The van der Waals surface area contributed by atoms with Gasteiger partial charge in [-0.15, -0.1) is 6.42 Å². The maximum Gasteiger partial charge on any atom is 0.0843 e. The summed E-state index contributed by atoms with van der Waals surface area (Å²) in [5.74, 6) is 2.68. The van der Waals surface area contributed by atoms with Gasteiger partial charge in [-0.25, -0.2) is 0 Å². The average molecular weight is 178 g/mol. The Hall–Kier alpha value is -0.990. The van der Waals surface area contributed by atoms with Crippen molar-refractivity contribution < 1.29 is 0 Å². The molecular weight excluding hydrogens is 160 g/mol. The van der Waals surface area contributed by atoms with Crippen LogP contribution in [0.1, 0.15) is 33.1 Å². The predicted octanol–water partition coefficient (Wildman–Crippen LogP) is 2.02. The van der Waals surface area contributed by atoms with Crippen molar-refractivity contribution in [2.75, 3.05) is 13.1 Å². The normalized spacial score (nSPS) is 12.1. The van der Waals surface area contributed by atoms with Gasteiger partial charge in [-0.3, -0.25) is 4.90 Å². The first kappa shape index (κ1) is 12.0. The van der Waals surface area contributed by atoms with E-state index in [2.05, 4.69) is 30.7 Å². The van der Waals surface area contributed by atoms with Crippen LogP contribution in [0.5, 0.6) is 0 Å². The zero-order valence-electron chi connectivity index (χ0n) is 8.58. The molecule has 72 valence electrons. The Morgan fingerprint density at radius 2 is 1.85 bits per heavy atom. The first-order valence-corrected chi connectivity index (χ1v) is 4.87. The molecule has 0 bridgehead atoms. The highest BCUT2D eigenvalue weighted by atomic mass is 15.1. The summed E-state index contributed by atoms with van der Waals surface area (Å²) in [6.45, 7) is 6.24. The van der Waals surface area contributed by atoms with Crippen molar-refractivity contribution in [1.29, 1.82) is 5.26 Å². The van der Waals surface area contributed by atoms with Crippen LogP contribution in [-0.4, -0.2) is 24.0 Å². The molecule has 1 unspecified atom stereocenters. The van der Waals surface area contributed by atoms with Crippen molar-refractivity contribution in [2.24, 2.45) is 0 Å². The minimum absolute atomic E-state index is 0.00454. The summed E-state index contributed by atoms with van der Waals surface area (Å²) in [6, 6.07) is 2.14. The van der Waals surface area contributed by atoms with Crippen molar-refractivity contribution in [1.82, 2.24) is 4.90 Å². The minimum atomic E-state index is 0.00454. The van der Waals surface area contributed by atoms with Gasteiger partial charge >= 0.3 is 0 Å². The lowest BCUT2D eigenvalue weighted by Crippen LogP contribution is -2.35. The number of rotatable bonds is 6. The fourth-order valence-corrected chi connectivity index (χ4v) is 1.38. The van der Waals surface area contributed by atoms with Crippen LogP contribution in [0.3, 0.4) is 0 Å². The number of hydrogen-bond acceptors (Lipinski definition) is 2. The van der Waals surface area contributed by atoms with E-state index in [0.717, 1.165) is 25.9 Å². The molecule has 0 aromatic heterocycles. The maximum absolute atomic E-state index is 8.58. The van der Waals surface area contributed by atoms with Gasteiger partial charge in [0.15, 0.2) is 0 Å². The van der Waals surface area contributed by atoms with Crippen LogP contribution in [0.25, 0.3) is 0 Å². The molecule has 0 spiro atoms. The van der Waals surface area contributed by atoms with Gasteiger partial charge in [0.25, 0.3) is 0 Å². The van der Waals surface area contributed by atoms with Gasteiger partial charge in [-0.05, 0) is 25.9 Å². The molecule has 0 aliphatic carbocycles. The molecule has 0 fully saturated rings. The van der Waals surface area contributed by atoms with Crippen molar-refractivity contribution >= 4 is 0 Å². The maximum atomic E-state index is 8.58. The highest BCUT2D eigenvalue weighted by Crippen LogP contribution is 2.04. The third-order valence-corrected chi connectivity index (χ3v) is 1.94. The Balaban J connectivity index is 4.15. The van der Waals surface area contributed by atoms with Crippen molar-refractivity contribution in [3.63, 3.8) is 0 Å². The average Bonchev–Trinajstić information content (AvgIpc) is 2.14. The Morgan fingerprint density at radius 1 is 1.31 bits per heavy atom. The molecule has 0 radical (unpaired) electrons. The van der Waals surface area contributed by atoms with E-state index in [1.807, 2.05) is 0 Å². The summed E-state index contributed by atoms with van der Waals surface area (Å²) in [5.41, 5.74) is 0. The molecule has 0 saturated heterocycles. The van der Waals surface area contributed by atoms with Crippen LogP contribution in [0.15, 0.2) is 0 Å². The highest BCUT2D eigenvalue weighted by molar-refractivity contribution is 5.03. The molecule has 0 aliphatic heterocycles. The molecule has 0 aromatic rings. The molecule has 2 nitrogen and oxygen atoms in total. The lowest BCUT2D eigenvalue weighted by molar-refractivity contribution is 0.238. The van der Waals surface area contributed by atoms with Crippen LogP contribution >= 0.6 is 0 Å². The van der Waals surface area contributed by atoms with Gasteiger partial charge in [-0.2, -0.15) is 5.26 Å². The summed E-state index contributed by atoms with van der Waals surface area (Å²) < 4.78 is 0. The second-order valence-corrected chi connectivity index (χ2v) is 3.08. The lowest BCUT2D eigenvalue weighted by atomic mass is 10.2. The summed E-state index contributed by atoms with van der Waals surface area (Å²) in [6.07, 6.45) is 7.99. The van der Waals surface area contributed by atoms with Crippen molar-refractivity contribution in [2.45, 2.75) is 39.2 Å². The molecule has 0 N–H and O–H groups in total. The van der Waals surface area contributed by atoms with Gasteiger partial charge in [0.05, 0.1) is 18.5 Å². The number of hydrogen-bond donors (Lipinski definition) is 0. The molecule has 0 heterocycles. The van der Waals surface area contributed by atoms with Gasteiger partial charge in [0, 0.05) is 0 Å². The Kier molecular flexibility index (Phi) is 7.07. The third kappa shape index (κ3) is 4.55. The van der Waals surface area contributed by atoms with E-state index >= 15 is 0 Å². The second kappa shape index (κ2) is 7.65. The van der Waals surface area contributed by atoms with E-state index in [0.29, 0.717) is 6.42 Å². The smallest absolute Gasteiger partial charge is 0.0843 e. The molecule has 0 aliphatic rings. The molecule has 0 amide bonds. The van der Waals surface area contributed by atoms with Crippen molar-refractivity contribution in [3.8, 4) is 18.4 Å². The number of nitrogens with zero attached hydrogens (tertiary/aromatic N) is 2. The van der Waals surface area contributed by atoms with E-state index in [1.54, 1.807) is 0 Å². The summed E-state index contributed by atoms with van der Waals surface area (Å²) in [7, 11) is 0. The molecule has 13 heavy (non-hydrogen) atoms. The van der Waals surface area contributed by atoms with Crippen LogP contribution in [0, 0.1) is 23.7 Å². The highest BCUT2D eigenvalue weighted by Gasteiger charge is 2.13. The lowest BCUT2D eigenvalue weighted by Gasteiger charge is -2.25. The fourth-order valence-electron chi connectivity index (χ4n) is 1.38. The largest absolute Gasteiger partial charge is 0.289 e. The molecule has 2 heteroatoms. The molecule has 0 saturated carbocycles. The van der Waals surface area contributed by atoms with Gasteiger partial charge in [0.1, 0.15) is 0 Å². The standard InChI is InChI=1S/C11H18N2/c1-4-9-13(10-5-2)11(6-3)7-8-12/h3,11H,4-5,7,9-10H2,1-2H3. The van der Waals surface area contributed by atoms with Crippen LogP contribution in [0.4, 0.5) is 0 Å². The van der Waals surface area contributed by atoms with E-state index in [9.17, 15) is 0 Å². The predicted molar refractivity (Wildman–Crippen MR) is 55.0 cm³/mol. The quantitative estimate of drug-likeness (QED) is 0.582. The van der Waals surface area contributed by atoms with E-state index in [-0.39, 0.29) is 6.04 Å². The second-order valence-electron chi connectivity index (χ2n) is 3.08. The SMILES string of the molecule is C#CC(CC#N)N(CCC)CCC. The van der Waals surface area contributed by atoms with Gasteiger partial charge in [0.2, 0.25) is 0 Å². The zero-order valence-corrected chi connectivity index (χ0v) is 8.58. The van der Waals surface area contributed by atoms with Crippen LogP contribution < -0.4 is 0 Å². The topological polar surface area (TPSA) is 27.0 Å². The Morgan fingerprint density at radius 3 is 2.15 bits per heavy atom. The molecule has 1 atom stereocenters. The summed E-state index contributed by atoms with van der Waals surface area (Å²) in [5, 5.41) is 8.58. The Labute approximate surface area is 81.5 Å². The number of nitriles is 1. The first-order chi connectivity index (χ1) is 6.29. The summed E-state index contributed by atoms with van der Waals surface area (Å²) in [4.78, 5) is 2.21. The van der Waals surface area contributed by atoms with Crippen LogP contribution in [0.2, 0.25) is 0 Å². The van der Waals surface area contributed by atoms with Crippen molar-refractivity contribution in [3.05, 3.63) is 0 Å². The minimum Gasteiger partial charge on any atom is -0.289 e. The monoisotopic (exact) mass is 178 g/mol. The molecular formula is C11H18N2. The number of terminal acetylenes is 1. The third-order valence-electron chi connectivity index (χ3n) is 1.94. The fraction of sp³-hybridized carbons (Fsp3) is 0.727. The molecule has 0 rings (SSSR count). The van der Waals surface area contributed by atoms with E-state index in [1.165, 1.54) is 0 Å². The van der Waals surface area contributed by atoms with Gasteiger partial charge < -0.3 is 0 Å². The summed E-state index contributed by atoms with van der Waals surface area (Å²) >= 11 is 0. The first-order valence-electron chi connectivity index (χ1n) is 4.87. The van der Waals surface area contributed by atoms with Gasteiger partial charge in [-0.1, -0.05) is 19.8 Å². The van der Waals surface area contributed by atoms with E-state index in [4.69, 9.17) is 11.7 Å². The molecule has 0 aromatic carbocycles. The van der Waals surface area contributed by atoms with Crippen LogP contribution in [-0.2, 0) is 0 Å².